The molecule has 3 aromatic carbocycles. The van der Waals surface area contributed by atoms with Crippen LogP contribution in [0.1, 0.15) is 58.3 Å². The van der Waals surface area contributed by atoms with Gasteiger partial charge < -0.3 is 9.64 Å². The molecule has 3 aromatic rings. The molecule has 0 N–H and O–H groups in total. The molecule has 3 nitrogen and oxygen atoms in total. The fraction of sp³-hybridized carbons (Fsp3) is 0.367. The van der Waals surface area contributed by atoms with Gasteiger partial charge in [-0.15, -0.1) is 11.8 Å². The number of aryl methyl sites for hydroxylation is 3. The molecule has 1 amide bonds. The normalized spacial score (nSPS) is 21.3. The van der Waals surface area contributed by atoms with E-state index in [1.54, 1.807) is 0 Å². The summed E-state index contributed by atoms with van der Waals surface area (Å²) in [6.07, 6.45) is 3.90. The Kier molecular flexibility index (Phi) is 7.13. The predicted octanol–water partition coefficient (Wildman–Crippen LogP) is 7.77. The van der Waals surface area contributed by atoms with Crippen LogP contribution in [0, 0.1) is 20.8 Å². The molecule has 0 aliphatic carbocycles. The number of hydrogen-bond acceptors (Lipinski definition) is 3. The monoisotopic (exact) mass is 505 g/mol. The van der Waals surface area contributed by atoms with E-state index in [1.165, 1.54) is 21.6 Å². The van der Waals surface area contributed by atoms with Gasteiger partial charge in [-0.1, -0.05) is 35.9 Å². The topological polar surface area (TPSA) is 29.5 Å². The summed E-state index contributed by atoms with van der Waals surface area (Å²) in [5.41, 5.74) is 5.73. The molecule has 0 saturated carbocycles. The molecule has 2 aliphatic rings. The molecule has 2 unspecified atom stereocenters. The van der Waals surface area contributed by atoms with Crippen LogP contribution in [0.4, 0.5) is 0 Å². The lowest BCUT2D eigenvalue weighted by Gasteiger charge is -2.39. The number of carbonyl (C=O) groups excluding carboxylic acids is 1. The first kappa shape index (κ1) is 24.3. The Balaban J connectivity index is 1.21. The fourth-order valence-corrected chi connectivity index (χ4v) is 6.74. The maximum Gasteiger partial charge on any atom is 0.254 e. The third-order valence-electron chi connectivity index (χ3n) is 7.11. The van der Waals surface area contributed by atoms with Crippen LogP contribution >= 0.6 is 23.4 Å². The van der Waals surface area contributed by atoms with Gasteiger partial charge in [0.15, 0.2) is 0 Å². The van der Waals surface area contributed by atoms with Crippen LogP contribution in [-0.2, 0) is 5.75 Å². The molecule has 5 rings (SSSR count). The number of hydrogen-bond donors (Lipinski definition) is 0. The molecule has 2 bridgehead atoms. The SMILES string of the molecule is Cc1cc(C)cc(SCc2ccc(C(=O)N3C4CCC3CC(Oc3cc(C)ccc3Cl)C4)cc2)c1. The smallest absolute Gasteiger partial charge is 0.254 e. The van der Waals surface area contributed by atoms with Crippen molar-refractivity contribution in [1.29, 1.82) is 0 Å². The molecule has 35 heavy (non-hydrogen) atoms. The molecule has 0 spiro atoms. The van der Waals surface area contributed by atoms with Crippen molar-refractivity contribution in [3.8, 4) is 5.75 Å². The zero-order valence-electron chi connectivity index (χ0n) is 20.6. The number of nitrogens with zero attached hydrogens (tertiary/aromatic N) is 1. The van der Waals surface area contributed by atoms with Crippen molar-refractivity contribution in [3.05, 3.63) is 93.5 Å². The van der Waals surface area contributed by atoms with E-state index in [2.05, 4.69) is 49.1 Å². The molecule has 5 heteroatoms. The van der Waals surface area contributed by atoms with Gasteiger partial charge in [0, 0.05) is 41.1 Å². The Hall–Kier alpha value is -2.43. The van der Waals surface area contributed by atoms with Crippen LogP contribution in [0.5, 0.6) is 5.75 Å². The Bertz CT molecular complexity index is 1190. The molecule has 2 saturated heterocycles. The predicted molar refractivity (Wildman–Crippen MR) is 145 cm³/mol. The summed E-state index contributed by atoms with van der Waals surface area (Å²) in [7, 11) is 0. The molecule has 2 atom stereocenters. The molecular weight excluding hydrogens is 474 g/mol. The maximum absolute atomic E-state index is 13.4. The van der Waals surface area contributed by atoms with Gasteiger partial charge in [-0.2, -0.15) is 0 Å². The maximum atomic E-state index is 13.4. The van der Waals surface area contributed by atoms with Crippen molar-refractivity contribution in [3.63, 3.8) is 0 Å². The summed E-state index contributed by atoms with van der Waals surface area (Å²) in [4.78, 5) is 16.9. The van der Waals surface area contributed by atoms with Crippen molar-refractivity contribution in [2.75, 3.05) is 0 Å². The van der Waals surface area contributed by atoms with Crippen molar-refractivity contribution in [2.24, 2.45) is 0 Å². The Morgan fingerprint density at radius 1 is 0.914 bits per heavy atom. The van der Waals surface area contributed by atoms with Crippen molar-refractivity contribution in [2.45, 2.75) is 75.3 Å². The van der Waals surface area contributed by atoms with E-state index >= 15 is 0 Å². The van der Waals surface area contributed by atoms with Crippen molar-refractivity contribution in [1.82, 2.24) is 4.90 Å². The van der Waals surface area contributed by atoms with Crippen molar-refractivity contribution < 1.29 is 9.53 Å². The van der Waals surface area contributed by atoms with Crippen LogP contribution in [0.3, 0.4) is 0 Å². The third-order valence-corrected chi connectivity index (χ3v) is 8.47. The van der Waals surface area contributed by atoms with Crippen molar-refractivity contribution >= 4 is 29.3 Å². The highest BCUT2D eigenvalue weighted by molar-refractivity contribution is 7.98. The largest absolute Gasteiger partial charge is 0.489 e. The second kappa shape index (κ2) is 10.3. The summed E-state index contributed by atoms with van der Waals surface area (Å²) in [5, 5.41) is 0.650. The van der Waals surface area contributed by atoms with E-state index in [0.717, 1.165) is 48.3 Å². The van der Waals surface area contributed by atoms with Crippen LogP contribution in [0.25, 0.3) is 0 Å². The number of rotatable bonds is 6. The second-order valence-electron chi connectivity index (χ2n) is 10.1. The van der Waals surface area contributed by atoms with Gasteiger partial charge in [0.05, 0.1) is 5.02 Å². The van der Waals surface area contributed by atoms with Gasteiger partial charge in [-0.25, -0.2) is 0 Å². The standard InChI is InChI=1S/C30H32ClNO2S/c1-19-4-11-28(31)29(15-19)34-26-16-24-9-10-25(17-26)32(24)30(33)23-7-5-22(6-8-23)18-35-27-13-20(2)12-21(3)14-27/h4-8,11-15,24-26H,9-10,16-18H2,1-3H3. The lowest BCUT2D eigenvalue weighted by molar-refractivity contribution is 0.0359. The number of benzene rings is 3. The van der Waals surface area contributed by atoms with Gasteiger partial charge in [0.25, 0.3) is 5.91 Å². The van der Waals surface area contributed by atoms with Gasteiger partial charge in [0.1, 0.15) is 11.9 Å². The summed E-state index contributed by atoms with van der Waals surface area (Å²) < 4.78 is 6.30. The van der Waals surface area contributed by atoms with E-state index in [1.807, 2.05) is 49.0 Å². The highest BCUT2D eigenvalue weighted by Gasteiger charge is 2.44. The van der Waals surface area contributed by atoms with E-state index < -0.39 is 0 Å². The number of piperidine rings is 1. The van der Waals surface area contributed by atoms with E-state index in [9.17, 15) is 4.79 Å². The summed E-state index contributed by atoms with van der Waals surface area (Å²) in [6, 6.07) is 21.2. The summed E-state index contributed by atoms with van der Waals surface area (Å²) >= 11 is 8.19. The van der Waals surface area contributed by atoms with Gasteiger partial charge in [-0.05, 0) is 92.3 Å². The average Bonchev–Trinajstić information content (AvgIpc) is 3.09. The van der Waals surface area contributed by atoms with Gasteiger partial charge >= 0.3 is 0 Å². The number of fused-ring (bicyclic) bond motifs is 2. The molecule has 2 heterocycles. The molecule has 2 aliphatic heterocycles. The Labute approximate surface area is 217 Å². The van der Waals surface area contributed by atoms with Crippen LogP contribution < -0.4 is 4.74 Å². The zero-order chi connectivity index (χ0) is 24.5. The Morgan fingerprint density at radius 2 is 1.57 bits per heavy atom. The first-order chi connectivity index (χ1) is 16.9. The zero-order valence-corrected chi connectivity index (χ0v) is 22.2. The average molecular weight is 506 g/mol. The van der Waals surface area contributed by atoms with E-state index in [4.69, 9.17) is 16.3 Å². The first-order valence-corrected chi connectivity index (χ1v) is 13.8. The summed E-state index contributed by atoms with van der Waals surface area (Å²) in [6.45, 7) is 6.32. The van der Waals surface area contributed by atoms with Gasteiger partial charge in [-0.3, -0.25) is 4.79 Å². The number of halogens is 1. The minimum Gasteiger partial charge on any atom is -0.489 e. The van der Waals surface area contributed by atoms with Crippen LogP contribution in [-0.4, -0.2) is 29.0 Å². The number of thioether (sulfide) groups is 1. The third kappa shape index (κ3) is 5.54. The Morgan fingerprint density at radius 3 is 2.23 bits per heavy atom. The quantitative estimate of drug-likeness (QED) is 0.320. The van der Waals surface area contributed by atoms with E-state index in [0.29, 0.717) is 5.02 Å². The number of ether oxygens (including phenoxy) is 1. The fourth-order valence-electron chi connectivity index (χ4n) is 5.51. The highest BCUT2D eigenvalue weighted by Crippen LogP contribution is 2.39. The van der Waals surface area contributed by atoms with Crippen LogP contribution in [0.15, 0.2) is 65.6 Å². The minimum atomic E-state index is 0.0977. The highest BCUT2D eigenvalue weighted by atomic mass is 35.5. The molecule has 182 valence electrons. The lowest BCUT2D eigenvalue weighted by Crippen LogP contribution is -2.49. The lowest BCUT2D eigenvalue weighted by atomic mass is 9.98. The van der Waals surface area contributed by atoms with Gasteiger partial charge in [0.2, 0.25) is 0 Å². The molecule has 2 fully saturated rings. The van der Waals surface area contributed by atoms with Crippen LogP contribution in [0.2, 0.25) is 5.02 Å². The second-order valence-corrected chi connectivity index (χ2v) is 11.5. The molecular formula is C30H32ClNO2S. The molecule has 0 radical (unpaired) electrons. The first-order valence-electron chi connectivity index (χ1n) is 12.4. The summed E-state index contributed by atoms with van der Waals surface area (Å²) in [5.74, 6) is 1.80. The molecule has 0 aromatic heterocycles. The number of carbonyl (C=O) groups is 1. The number of amides is 1. The minimum absolute atomic E-state index is 0.0977. The van der Waals surface area contributed by atoms with E-state index in [-0.39, 0.29) is 24.1 Å².